The highest BCUT2D eigenvalue weighted by Gasteiger charge is 2.33. The van der Waals surface area contributed by atoms with Gasteiger partial charge in [0.25, 0.3) is 0 Å². The van der Waals surface area contributed by atoms with E-state index < -0.39 is 5.79 Å². The molecule has 1 aromatic carbocycles. The highest BCUT2D eigenvalue weighted by molar-refractivity contribution is 9.10. The van der Waals surface area contributed by atoms with Crippen molar-refractivity contribution in [3.05, 3.63) is 22.2 Å². The van der Waals surface area contributed by atoms with Gasteiger partial charge in [0.1, 0.15) is 0 Å². The van der Waals surface area contributed by atoms with Crippen molar-refractivity contribution in [2.75, 3.05) is 13.1 Å². The molecule has 3 nitrogen and oxygen atoms in total. The number of nitrogens with one attached hydrogen (secondary N) is 1. The third-order valence-electron chi connectivity index (χ3n) is 3.51. The molecule has 0 saturated carbocycles. The van der Waals surface area contributed by atoms with Crippen LogP contribution in [0.4, 0.5) is 0 Å². The topological polar surface area (TPSA) is 30.5 Å². The number of halogens is 1. The molecule has 0 amide bonds. The maximum Gasteiger partial charge on any atom is 0.246 e. The Labute approximate surface area is 116 Å². The van der Waals surface area contributed by atoms with E-state index in [4.69, 9.17) is 9.47 Å². The molecule has 2 heterocycles. The van der Waals surface area contributed by atoms with Gasteiger partial charge in [-0.05, 0) is 43.0 Å². The Hall–Kier alpha value is -0.740. The number of rotatable bonds is 1. The molecule has 1 unspecified atom stereocenters. The fourth-order valence-electron chi connectivity index (χ4n) is 2.69. The van der Waals surface area contributed by atoms with Crippen LogP contribution >= 0.6 is 15.9 Å². The minimum Gasteiger partial charge on any atom is -0.449 e. The SMILES string of the molecule is CC1(C)Oc2cc(Br)c(C3CCCNC3)cc2O1. The Morgan fingerprint density at radius 1 is 1.28 bits per heavy atom. The smallest absolute Gasteiger partial charge is 0.246 e. The lowest BCUT2D eigenvalue weighted by Gasteiger charge is -2.24. The van der Waals surface area contributed by atoms with Crippen molar-refractivity contribution in [1.29, 1.82) is 0 Å². The van der Waals surface area contributed by atoms with Crippen LogP contribution < -0.4 is 14.8 Å². The van der Waals surface area contributed by atoms with Crippen LogP contribution in [0.1, 0.15) is 38.2 Å². The lowest BCUT2D eigenvalue weighted by molar-refractivity contribution is -0.0431. The van der Waals surface area contributed by atoms with Crippen LogP contribution in [-0.2, 0) is 0 Å². The predicted octanol–water partition coefficient (Wildman–Crippen LogP) is 3.42. The van der Waals surface area contributed by atoms with E-state index in [1.54, 1.807) is 0 Å². The van der Waals surface area contributed by atoms with E-state index >= 15 is 0 Å². The molecule has 0 radical (unpaired) electrons. The zero-order valence-electron chi connectivity index (χ0n) is 10.8. The largest absolute Gasteiger partial charge is 0.449 e. The molecule has 0 aromatic heterocycles. The molecule has 1 aromatic rings. The summed E-state index contributed by atoms with van der Waals surface area (Å²) in [5.41, 5.74) is 1.32. The first-order valence-electron chi connectivity index (χ1n) is 6.47. The maximum absolute atomic E-state index is 5.82. The zero-order valence-corrected chi connectivity index (χ0v) is 12.3. The van der Waals surface area contributed by atoms with Crippen molar-refractivity contribution in [1.82, 2.24) is 5.32 Å². The molecule has 0 spiro atoms. The van der Waals surface area contributed by atoms with Gasteiger partial charge in [-0.1, -0.05) is 15.9 Å². The summed E-state index contributed by atoms with van der Waals surface area (Å²) in [6.45, 7) is 6.04. The first kappa shape index (κ1) is 12.3. The molecule has 1 atom stereocenters. The molecule has 1 fully saturated rings. The van der Waals surface area contributed by atoms with Crippen molar-refractivity contribution < 1.29 is 9.47 Å². The van der Waals surface area contributed by atoms with Gasteiger partial charge in [-0.15, -0.1) is 0 Å². The Morgan fingerprint density at radius 3 is 2.67 bits per heavy atom. The van der Waals surface area contributed by atoms with Crippen molar-refractivity contribution in [3.63, 3.8) is 0 Å². The fourth-order valence-corrected chi connectivity index (χ4v) is 3.34. The normalized spacial score (nSPS) is 25.2. The molecule has 2 aliphatic heterocycles. The number of hydrogen-bond acceptors (Lipinski definition) is 3. The predicted molar refractivity (Wildman–Crippen MR) is 74.3 cm³/mol. The lowest BCUT2D eigenvalue weighted by Crippen LogP contribution is -2.29. The summed E-state index contributed by atoms with van der Waals surface area (Å²) in [6.07, 6.45) is 2.46. The monoisotopic (exact) mass is 311 g/mol. The van der Waals surface area contributed by atoms with Crippen LogP contribution in [0.3, 0.4) is 0 Å². The standard InChI is InChI=1S/C14H18BrNO2/c1-14(2)17-12-6-10(9-4-3-5-16-8-9)11(15)7-13(12)18-14/h6-7,9,16H,3-5,8H2,1-2H3. The van der Waals surface area contributed by atoms with Gasteiger partial charge < -0.3 is 14.8 Å². The van der Waals surface area contributed by atoms with Gasteiger partial charge in [0.2, 0.25) is 5.79 Å². The van der Waals surface area contributed by atoms with Crippen LogP contribution in [0.15, 0.2) is 16.6 Å². The second kappa shape index (κ2) is 4.42. The number of ether oxygens (including phenoxy) is 2. The van der Waals surface area contributed by atoms with E-state index in [2.05, 4.69) is 27.3 Å². The summed E-state index contributed by atoms with van der Waals surface area (Å²) in [5.74, 6) is 1.71. The molecule has 1 saturated heterocycles. The number of fused-ring (bicyclic) bond motifs is 1. The van der Waals surface area contributed by atoms with E-state index in [-0.39, 0.29) is 0 Å². The minimum atomic E-state index is -0.550. The molecule has 2 aliphatic rings. The molecule has 98 valence electrons. The second-order valence-corrected chi connectivity index (χ2v) is 6.32. The van der Waals surface area contributed by atoms with Crippen LogP contribution in [0.5, 0.6) is 11.5 Å². The van der Waals surface area contributed by atoms with E-state index in [9.17, 15) is 0 Å². The first-order valence-corrected chi connectivity index (χ1v) is 7.27. The zero-order chi connectivity index (χ0) is 12.8. The van der Waals surface area contributed by atoms with Gasteiger partial charge in [-0.3, -0.25) is 0 Å². The van der Waals surface area contributed by atoms with Gasteiger partial charge in [0.05, 0.1) is 0 Å². The first-order chi connectivity index (χ1) is 8.55. The molecule has 4 heteroatoms. The molecular weight excluding hydrogens is 294 g/mol. The van der Waals surface area contributed by atoms with Gasteiger partial charge in [-0.2, -0.15) is 0 Å². The molecular formula is C14H18BrNO2. The highest BCUT2D eigenvalue weighted by atomic mass is 79.9. The number of benzene rings is 1. The summed E-state index contributed by atoms with van der Waals surface area (Å²) in [6, 6.07) is 4.17. The summed E-state index contributed by atoms with van der Waals surface area (Å²) >= 11 is 3.66. The molecule has 3 rings (SSSR count). The van der Waals surface area contributed by atoms with Crippen LogP contribution in [-0.4, -0.2) is 18.9 Å². The summed E-state index contributed by atoms with van der Waals surface area (Å²) < 4.78 is 12.7. The van der Waals surface area contributed by atoms with Gasteiger partial charge in [0, 0.05) is 24.9 Å². The lowest BCUT2D eigenvalue weighted by atomic mass is 9.91. The van der Waals surface area contributed by atoms with Crippen molar-refractivity contribution in [2.45, 2.75) is 38.4 Å². The van der Waals surface area contributed by atoms with Crippen molar-refractivity contribution in [2.24, 2.45) is 0 Å². The van der Waals surface area contributed by atoms with Crippen LogP contribution in [0.25, 0.3) is 0 Å². The maximum atomic E-state index is 5.82. The van der Waals surface area contributed by atoms with Gasteiger partial charge >= 0.3 is 0 Å². The van der Waals surface area contributed by atoms with E-state index in [1.807, 2.05) is 19.9 Å². The van der Waals surface area contributed by atoms with Crippen molar-refractivity contribution >= 4 is 15.9 Å². The quantitative estimate of drug-likeness (QED) is 0.862. The number of hydrogen-bond donors (Lipinski definition) is 1. The van der Waals surface area contributed by atoms with E-state index in [1.165, 1.54) is 18.4 Å². The third kappa shape index (κ3) is 2.24. The Kier molecular flexibility index (Phi) is 3.02. The summed E-state index contributed by atoms with van der Waals surface area (Å²) in [7, 11) is 0. The Morgan fingerprint density at radius 2 is 2.00 bits per heavy atom. The van der Waals surface area contributed by atoms with Crippen molar-refractivity contribution in [3.8, 4) is 11.5 Å². The molecule has 0 bridgehead atoms. The van der Waals surface area contributed by atoms with Crippen LogP contribution in [0, 0.1) is 0 Å². The second-order valence-electron chi connectivity index (χ2n) is 5.47. The average Bonchev–Trinajstić information content (AvgIpc) is 2.62. The molecule has 0 aliphatic carbocycles. The fraction of sp³-hybridized carbons (Fsp3) is 0.571. The van der Waals surface area contributed by atoms with E-state index in [0.717, 1.165) is 29.1 Å². The van der Waals surface area contributed by atoms with Gasteiger partial charge in [-0.25, -0.2) is 0 Å². The third-order valence-corrected chi connectivity index (χ3v) is 4.20. The molecule has 1 N–H and O–H groups in total. The molecule has 18 heavy (non-hydrogen) atoms. The average molecular weight is 312 g/mol. The van der Waals surface area contributed by atoms with Crippen LogP contribution in [0.2, 0.25) is 0 Å². The highest BCUT2D eigenvalue weighted by Crippen LogP contribution is 2.44. The minimum absolute atomic E-state index is 0.550. The Bertz CT molecular complexity index is 467. The van der Waals surface area contributed by atoms with Gasteiger partial charge in [0.15, 0.2) is 11.5 Å². The Balaban J connectivity index is 1.93. The summed E-state index contributed by atoms with van der Waals surface area (Å²) in [4.78, 5) is 0. The number of piperidine rings is 1. The summed E-state index contributed by atoms with van der Waals surface area (Å²) in [5, 5.41) is 3.45. The van der Waals surface area contributed by atoms with E-state index in [0.29, 0.717) is 5.92 Å².